The van der Waals surface area contributed by atoms with Crippen LogP contribution in [0.2, 0.25) is 0 Å². The topological polar surface area (TPSA) is 71.3 Å². The summed E-state index contributed by atoms with van der Waals surface area (Å²) in [6, 6.07) is 14.0. The number of nitrogens with zero attached hydrogens (tertiary/aromatic N) is 5. The molecule has 184 valence electrons. The minimum Gasteiger partial charge on any atom is -0.339 e. The normalized spacial score (nSPS) is 14.3. The van der Waals surface area contributed by atoms with E-state index in [0.717, 1.165) is 36.2 Å². The molecule has 1 saturated heterocycles. The molecule has 1 aromatic heterocycles. The van der Waals surface area contributed by atoms with E-state index in [2.05, 4.69) is 10.3 Å². The fourth-order valence-corrected chi connectivity index (χ4v) is 4.00. The second-order valence-corrected chi connectivity index (χ2v) is 8.18. The molecule has 0 aliphatic carbocycles. The lowest BCUT2D eigenvalue weighted by molar-refractivity contribution is -0.143. The van der Waals surface area contributed by atoms with Crippen LogP contribution in [0.3, 0.4) is 0 Å². The summed E-state index contributed by atoms with van der Waals surface area (Å²) in [4.78, 5) is 28.3. The van der Waals surface area contributed by atoms with Crippen LogP contribution in [0, 0.1) is 5.82 Å². The number of amides is 2. The third-order valence-corrected chi connectivity index (χ3v) is 5.83. The van der Waals surface area contributed by atoms with Crippen LogP contribution in [0.25, 0.3) is 5.69 Å². The number of hydrogen-bond acceptors (Lipinski definition) is 4. The average Bonchev–Trinajstić information content (AvgIpc) is 3.31. The fourth-order valence-electron chi connectivity index (χ4n) is 4.00. The zero-order chi connectivity index (χ0) is 25.0. The van der Waals surface area contributed by atoms with Crippen molar-refractivity contribution in [1.29, 1.82) is 0 Å². The molecule has 4 rings (SSSR count). The number of halogens is 4. The quantitative estimate of drug-likeness (QED) is 0.495. The molecular weight excluding hydrogens is 466 g/mol. The Kier molecular flexibility index (Phi) is 7.13. The van der Waals surface area contributed by atoms with Crippen LogP contribution in [0.15, 0.2) is 54.6 Å². The van der Waals surface area contributed by atoms with Crippen molar-refractivity contribution in [2.45, 2.75) is 25.4 Å². The lowest BCUT2D eigenvalue weighted by atomic mass is 10.1. The van der Waals surface area contributed by atoms with E-state index in [4.69, 9.17) is 0 Å². The predicted molar refractivity (Wildman–Crippen MR) is 118 cm³/mol. The van der Waals surface area contributed by atoms with Crippen LogP contribution in [-0.2, 0) is 17.4 Å². The molecular formula is C24H23F4N5O2. The molecule has 11 heteroatoms. The molecule has 1 aliphatic rings. The molecule has 2 heterocycles. The van der Waals surface area contributed by atoms with E-state index in [1.807, 2.05) is 30.3 Å². The highest BCUT2D eigenvalue weighted by Crippen LogP contribution is 2.33. The summed E-state index contributed by atoms with van der Waals surface area (Å²) in [5.41, 5.74) is -1.08. The van der Waals surface area contributed by atoms with Crippen molar-refractivity contribution >= 4 is 11.8 Å². The Bertz CT molecular complexity index is 1170. The first-order valence-corrected chi connectivity index (χ1v) is 11.1. The first-order chi connectivity index (χ1) is 16.7. The van der Waals surface area contributed by atoms with Gasteiger partial charge in [0.2, 0.25) is 5.91 Å². The van der Waals surface area contributed by atoms with Gasteiger partial charge in [-0.25, -0.2) is 9.07 Å². The van der Waals surface area contributed by atoms with E-state index in [9.17, 15) is 27.2 Å². The maximum Gasteiger partial charge on any atom is 0.435 e. The highest BCUT2D eigenvalue weighted by Gasteiger charge is 2.43. The minimum atomic E-state index is -4.92. The zero-order valence-corrected chi connectivity index (χ0v) is 18.7. The highest BCUT2D eigenvalue weighted by atomic mass is 19.4. The Labute approximate surface area is 198 Å². The average molecular weight is 489 g/mol. The summed E-state index contributed by atoms with van der Waals surface area (Å²) in [6.45, 7) is 0.626. The van der Waals surface area contributed by atoms with Crippen molar-refractivity contribution in [2.24, 2.45) is 0 Å². The summed E-state index contributed by atoms with van der Waals surface area (Å²) in [5.74, 6) is -1.58. The van der Waals surface area contributed by atoms with Gasteiger partial charge >= 0.3 is 6.18 Å². The van der Waals surface area contributed by atoms with Gasteiger partial charge in [0.05, 0.1) is 5.69 Å². The molecule has 0 spiro atoms. The smallest absolute Gasteiger partial charge is 0.339 e. The standard InChI is InChI=1S/C24H23F4N5O2/c25-18-9-11-19(12-10-18)33-22(24(26,27)28)21(29-30-33)23(35)32-15-13-31(14-16-32)20(34)8-4-7-17-5-2-1-3-6-17/h1-3,5-6,9-12H,4,7-8,13-16H2. The molecule has 0 N–H and O–H groups in total. The number of hydrogen-bond donors (Lipinski definition) is 0. The Morgan fingerprint density at radius 2 is 1.51 bits per heavy atom. The Balaban J connectivity index is 1.39. The molecule has 0 saturated carbocycles. The van der Waals surface area contributed by atoms with Crippen molar-refractivity contribution in [3.8, 4) is 5.69 Å². The molecule has 7 nitrogen and oxygen atoms in total. The Hall–Kier alpha value is -3.76. The van der Waals surface area contributed by atoms with Gasteiger partial charge < -0.3 is 9.80 Å². The van der Waals surface area contributed by atoms with Gasteiger partial charge in [0.15, 0.2) is 11.4 Å². The van der Waals surface area contributed by atoms with Crippen molar-refractivity contribution < 1.29 is 27.2 Å². The van der Waals surface area contributed by atoms with E-state index in [0.29, 0.717) is 17.5 Å². The monoisotopic (exact) mass is 489 g/mol. The largest absolute Gasteiger partial charge is 0.435 e. The third-order valence-electron chi connectivity index (χ3n) is 5.83. The molecule has 1 fully saturated rings. The summed E-state index contributed by atoms with van der Waals surface area (Å²) >= 11 is 0. The molecule has 0 radical (unpaired) electrons. The van der Waals surface area contributed by atoms with E-state index in [1.165, 1.54) is 4.90 Å². The van der Waals surface area contributed by atoms with Gasteiger partial charge in [0.25, 0.3) is 5.91 Å². The summed E-state index contributed by atoms with van der Waals surface area (Å²) < 4.78 is 55.2. The van der Waals surface area contributed by atoms with Gasteiger partial charge in [-0.1, -0.05) is 35.5 Å². The minimum absolute atomic E-state index is 0.0498. The van der Waals surface area contributed by atoms with Crippen LogP contribution >= 0.6 is 0 Å². The van der Waals surface area contributed by atoms with Gasteiger partial charge in [-0.05, 0) is 42.7 Å². The highest BCUT2D eigenvalue weighted by molar-refractivity contribution is 5.94. The molecule has 0 atom stereocenters. The van der Waals surface area contributed by atoms with Crippen LogP contribution in [0.5, 0.6) is 0 Å². The third kappa shape index (κ3) is 5.67. The van der Waals surface area contributed by atoms with Gasteiger partial charge in [0.1, 0.15) is 5.82 Å². The number of rotatable bonds is 6. The number of alkyl halides is 3. The first-order valence-electron chi connectivity index (χ1n) is 11.1. The Morgan fingerprint density at radius 3 is 2.14 bits per heavy atom. The van der Waals surface area contributed by atoms with Gasteiger partial charge in [0, 0.05) is 32.6 Å². The summed E-state index contributed by atoms with van der Waals surface area (Å²) in [5, 5.41) is 7.02. The van der Waals surface area contributed by atoms with Crippen LogP contribution in [0.4, 0.5) is 17.6 Å². The lowest BCUT2D eigenvalue weighted by Crippen LogP contribution is -2.50. The molecule has 1 aliphatic heterocycles. The van der Waals surface area contributed by atoms with E-state index >= 15 is 0 Å². The van der Waals surface area contributed by atoms with E-state index in [1.54, 1.807) is 4.90 Å². The number of carbonyl (C=O) groups is 2. The molecule has 0 bridgehead atoms. The zero-order valence-electron chi connectivity index (χ0n) is 18.7. The first kappa shape index (κ1) is 24.4. The predicted octanol–water partition coefficient (Wildman–Crippen LogP) is 3.73. The fraction of sp³-hybridized carbons (Fsp3) is 0.333. The lowest BCUT2D eigenvalue weighted by Gasteiger charge is -2.34. The van der Waals surface area contributed by atoms with Crippen molar-refractivity contribution in [3.05, 3.63) is 77.4 Å². The summed E-state index contributed by atoms with van der Waals surface area (Å²) in [7, 11) is 0. The molecule has 35 heavy (non-hydrogen) atoms. The number of aromatic nitrogens is 3. The molecule has 3 aromatic rings. The molecule has 0 unspecified atom stereocenters. The number of carbonyl (C=O) groups excluding carboxylic acids is 2. The van der Waals surface area contributed by atoms with Crippen LogP contribution < -0.4 is 0 Å². The van der Waals surface area contributed by atoms with Crippen molar-refractivity contribution in [1.82, 2.24) is 24.8 Å². The van der Waals surface area contributed by atoms with Gasteiger partial charge in [-0.3, -0.25) is 9.59 Å². The van der Waals surface area contributed by atoms with Gasteiger partial charge in [-0.2, -0.15) is 13.2 Å². The van der Waals surface area contributed by atoms with E-state index < -0.39 is 29.3 Å². The van der Waals surface area contributed by atoms with Crippen molar-refractivity contribution in [3.63, 3.8) is 0 Å². The SMILES string of the molecule is O=C(CCCc1ccccc1)N1CCN(C(=O)c2nnn(-c3ccc(F)cc3)c2C(F)(F)F)CC1. The molecule has 2 amide bonds. The van der Waals surface area contributed by atoms with Crippen LogP contribution in [0.1, 0.15) is 34.6 Å². The van der Waals surface area contributed by atoms with Crippen molar-refractivity contribution in [2.75, 3.05) is 26.2 Å². The second-order valence-electron chi connectivity index (χ2n) is 8.18. The number of aryl methyl sites for hydroxylation is 1. The Morgan fingerprint density at radius 1 is 0.886 bits per heavy atom. The number of piperazine rings is 1. The second kappa shape index (κ2) is 10.2. The molecule has 2 aromatic carbocycles. The summed E-state index contributed by atoms with van der Waals surface area (Å²) in [6.07, 6.45) is -3.11. The van der Waals surface area contributed by atoms with Gasteiger partial charge in [-0.15, -0.1) is 5.10 Å². The van der Waals surface area contributed by atoms with Crippen LogP contribution in [-0.4, -0.2) is 62.8 Å². The maximum atomic E-state index is 13.8. The van der Waals surface area contributed by atoms with E-state index in [-0.39, 0.29) is 37.8 Å². The number of benzene rings is 2. The maximum absolute atomic E-state index is 13.8.